The molecule has 0 aromatic rings. The van der Waals surface area contributed by atoms with Crippen molar-refractivity contribution in [1.82, 2.24) is 0 Å². The molecule has 1 saturated carbocycles. The Balaban J connectivity index is 2.40. The molecule has 0 radical (unpaired) electrons. The van der Waals surface area contributed by atoms with Crippen molar-refractivity contribution in [1.29, 1.82) is 0 Å². The molecule has 16 heavy (non-hydrogen) atoms. The van der Waals surface area contributed by atoms with Gasteiger partial charge in [0.15, 0.2) is 11.6 Å². The van der Waals surface area contributed by atoms with Gasteiger partial charge in [0.25, 0.3) is 0 Å². The quantitative estimate of drug-likeness (QED) is 0.700. The van der Waals surface area contributed by atoms with E-state index in [-0.39, 0.29) is 0 Å². The van der Waals surface area contributed by atoms with Crippen molar-refractivity contribution in [3.63, 3.8) is 0 Å². The molecule has 2 rings (SSSR count). The minimum absolute atomic E-state index is 0.482. The second kappa shape index (κ2) is 3.73. The number of aliphatic hydroxyl groups excluding tert-OH is 1. The van der Waals surface area contributed by atoms with Crippen LogP contribution in [0.1, 0.15) is 32.4 Å². The predicted molar refractivity (Wildman–Crippen MR) is 52.8 cm³/mol. The fourth-order valence-electron chi connectivity index (χ4n) is 1.60. The SMILES string of the molecule is [2H]C1([2H])C([2H])([2H])C1([2H])C(=O)C1=C(O)CC(C(=O)O)CC1=O. The Morgan fingerprint density at radius 3 is 2.44 bits per heavy atom. The van der Waals surface area contributed by atoms with Crippen LogP contribution in [0.4, 0.5) is 0 Å². The first-order chi connectivity index (χ1) is 9.39. The molecule has 0 spiro atoms. The summed E-state index contributed by atoms with van der Waals surface area (Å²) in [4.78, 5) is 34.8. The number of ketones is 2. The molecule has 0 bridgehead atoms. The lowest BCUT2D eigenvalue weighted by Crippen LogP contribution is -2.29. The van der Waals surface area contributed by atoms with Crippen LogP contribution in [-0.4, -0.2) is 27.7 Å². The van der Waals surface area contributed by atoms with Crippen molar-refractivity contribution in [2.75, 3.05) is 0 Å². The minimum Gasteiger partial charge on any atom is -0.511 e. The number of aliphatic carboxylic acids is 1. The standard InChI is InChI=1S/C11H12O5/c12-7-3-6(11(15)16)4-8(13)9(7)10(14)5-1-2-5/h5-6,12H,1-4H2,(H,15,16)/i1D2,2D2,5D. The topological polar surface area (TPSA) is 91.7 Å². The summed E-state index contributed by atoms with van der Waals surface area (Å²) >= 11 is 0. The molecule has 1 unspecified atom stereocenters. The minimum atomic E-state index is -2.81. The second-order valence-electron chi connectivity index (χ2n) is 3.64. The van der Waals surface area contributed by atoms with E-state index in [0.717, 1.165) is 0 Å². The molecule has 2 N–H and O–H groups in total. The van der Waals surface area contributed by atoms with Gasteiger partial charge >= 0.3 is 5.97 Å². The number of carboxylic acids is 1. The highest BCUT2D eigenvalue weighted by molar-refractivity contribution is 6.22. The van der Waals surface area contributed by atoms with Crippen LogP contribution >= 0.6 is 0 Å². The molecule has 0 amide bonds. The molecule has 2 aliphatic carbocycles. The van der Waals surface area contributed by atoms with Crippen LogP contribution in [0.3, 0.4) is 0 Å². The van der Waals surface area contributed by atoms with E-state index in [4.69, 9.17) is 12.0 Å². The zero-order valence-electron chi connectivity index (χ0n) is 13.1. The van der Waals surface area contributed by atoms with E-state index < -0.39 is 66.3 Å². The third kappa shape index (κ3) is 1.85. The first-order valence-corrected chi connectivity index (χ1v) is 4.62. The highest BCUT2D eigenvalue weighted by Gasteiger charge is 2.40. The molecular formula is C11H12O5. The molecule has 0 saturated heterocycles. The molecule has 0 aliphatic heterocycles. The molecule has 2 aliphatic rings. The van der Waals surface area contributed by atoms with Crippen molar-refractivity contribution in [2.24, 2.45) is 11.8 Å². The van der Waals surface area contributed by atoms with E-state index in [9.17, 15) is 19.5 Å². The first kappa shape index (κ1) is 6.18. The van der Waals surface area contributed by atoms with Gasteiger partial charge in [0.2, 0.25) is 0 Å². The maximum absolute atomic E-state index is 12.2. The number of carboxylic acid groups (broad SMARTS) is 1. The molecule has 86 valence electrons. The molecule has 0 aromatic carbocycles. The van der Waals surface area contributed by atoms with Crippen LogP contribution in [0, 0.1) is 11.8 Å². The lowest BCUT2D eigenvalue weighted by atomic mass is 9.84. The lowest BCUT2D eigenvalue weighted by molar-refractivity contribution is -0.144. The average Bonchev–Trinajstić information content (AvgIpc) is 2.66. The monoisotopic (exact) mass is 229 g/mol. The maximum atomic E-state index is 12.2. The highest BCUT2D eigenvalue weighted by atomic mass is 16.4. The van der Waals surface area contributed by atoms with Crippen molar-refractivity contribution in [3.05, 3.63) is 11.3 Å². The summed E-state index contributed by atoms with van der Waals surface area (Å²) < 4.78 is 37.2. The number of carbonyl (C=O) groups is 3. The van der Waals surface area contributed by atoms with Gasteiger partial charge < -0.3 is 10.2 Å². The van der Waals surface area contributed by atoms with Gasteiger partial charge in [-0.25, -0.2) is 0 Å². The normalized spacial score (nSPS) is 38.6. The number of carbonyl (C=O) groups excluding carboxylic acids is 2. The van der Waals surface area contributed by atoms with Crippen LogP contribution in [0.2, 0.25) is 0 Å². The van der Waals surface area contributed by atoms with Crippen molar-refractivity contribution in [2.45, 2.75) is 25.6 Å². The Morgan fingerprint density at radius 2 is 2.00 bits per heavy atom. The molecule has 1 fully saturated rings. The Kier molecular flexibility index (Phi) is 1.44. The van der Waals surface area contributed by atoms with Crippen LogP contribution in [-0.2, 0) is 14.4 Å². The zero-order valence-corrected chi connectivity index (χ0v) is 8.11. The van der Waals surface area contributed by atoms with Crippen molar-refractivity contribution < 1.29 is 31.5 Å². The average molecular weight is 229 g/mol. The van der Waals surface area contributed by atoms with Crippen LogP contribution in [0.15, 0.2) is 11.3 Å². The molecule has 0 heterocycles. The first-order valence-electron chi connectivity index (χ1n) is 7.12. The number of allylic oxidation sites excluding steroid dienone is 2. The van der Waals surface area contributed by atoms with E-state index >= 15 is 0 Å². The molecular weight excluding hydrogens is 212 g/mol. The fourth-order valence-corrected chi connectivity index (χ4v) is 1.60. The summed E-state index contributed by atoms with van der Waals surface area (Å²) in [5.41, 5.74) is -0.854. The summed E-state index contributed by atoms with van der Waals surface area (Å²) in [6, 6.07) is 0. The number of hydrogen-bond acceptors (Lipinski definition) is 4. The van der Waals surface area contributed by atoms with E-state index in [1.165, 1.54) is 0 Å². The largest absolute Gasteiger partial charge is 0.511 e. The number of Topliss-reactive ketones (excluding diaryl/α,β-unsaturated/α-hetero) is 2. The van der Waals surface area contributed by atoms with Crippen LogP contribution in [0.25, 0.3) is 0 Å². The summed E-state index contributed by atoms with van der Waals surface area (Å²) in [7, 11) is 0. The van der Waals surface area contributed by atoms with Gasteiger partial charge in [-0.3, -0.25) is 14.4 Å². The Morgan fingerprint density at radius 1 is 1.38 bits per heavy atom. The zero-order chi connectivity index (χ0) is 16.4. The lowest BCUT2D eigenvalue weighted by Gasteiger charge is -2.19. The smallest absolute Gasteiger partial charge is 0.307 e. The molecule has 0 aromatic heterocycles. The predicted octanol–water partition coefficient (Wildman–Crippen LogP) is 0.841. The number of hydrogen-bond donors (Lipinski definition) is 2. The van der Waals surface area contributed by atoms with Gasteiger partial charge in [0.05, 0.1) is 11.5 Å². The summed E-state index contributed by atoms with van der Waals surface area (Å²) in [5, 5.41) is 18.5. The van der Waals surface area contributed by atoms with Gasteiger partial charge in [-0.1, -0.05) is 0 Å². The Hall–Kier alpha value is -1.65. The van der Waals surface area contributed by atoms with E-state index in [0.29, 0.717) is 0 Å². The van der Waals surface area contributed by atoms with Crippen LogP contribution in [0.5, 0.6) is 0 Å². The molecule has 1 atom stereocenters. The molecule has 5 heteroatoms. The Labute approximate surface area is 98.8 Å². The van der Waals surface area contributed by atoms with Gasteiger partial charge in [-0.15, -0.1) is 0 Å². The van der Waals surface area contributed by atoms with Gasteiger partial charge in [-0.05, 0) is 12.7 Å². The third-order valence-corrected chi connectivity index (χ3v) is 2.49. The van der Waals surface area contributed by atoms with Gasteiger partial charge in [0, 0.05) is 25.6 Å². The number of rotatable bonds is 3. The maximum Gasteiger partial charge on any atom is 0.307 e. The third-order valence-electron chi connectivity index (χ3n) is 2.49. The van der Waals surface area contributed by atoms with Crippen LogP contribution < -0.4 is 0 Å². The summed E-state index contributed by atoms with van der Waals surface area (Å²) in [6.45, 7) is 0. The van der Waals surface area contributed by atoms with Gasteiger partial charge in [-0.2, -0.15) is 0 Å². The van der Waals surface area contributed by atoms with Crippen molar-refractivity contribution >= 4 is 17.5 Å². The summed E-state index contributed by atoms with van der Waals surface area (Å²) in [5.74, 6) is -8.60. The van der Waals surface area contributed by atoms with E-state index in [1.54, 1.807) is 0 Å². The van der Waals surface area contributed by atoms with E-state index in [1.807, 2.05) is 0 Å². The highest BCUT2D eigenvalue weighted by Crippen LogP contribution is 2.36. The van der Waals surface area contributed by atoms with Gasteiger partial charge in [0.1, 0.15) is 5.76 Å². The Bertz CT molecular complexity index is 580. The molecule has 5 nitrogen and oxygen atoms in total. The van der Waals surface area contributed by atoms with Crippen molar-refractivity contribution in [3.8, 4) is 0 Å². The second-order valence-corrected chi connectivity index (χ2v) is 3.64. The van der Waals surface area contributed by atoms with E-state index in [2.05, 4.69) is 0 Å². The summed E-state index contributed by atoms with van der Waals surface area (Å²) in [6.07, 6.45) is -6.60. The fraction of sp³-hybridized carbons (Fsp3) is 0.545. The number of aliphatic hydroxyl groups is 1.